The Kier molecular flexibility index (Phi) is 7.19. The van der Waals surface area contributed by atoms with Crippen LogP contribution in [0.2, 0.25) is 0 Å². The Morgan fingerprint density at radius 3 is 2.54 bits per heavy atom. The molecule has 1 aliphatic carbocycles. The predicted octanol–water partition coefficient (Wildman–Crippen LogP) is 5.16. The minimum Gasteiger partial charge on any atom is -0.497 e. The van der Waals surface area contributed by atoms with E-state index < -0.39 is 0 Å². The maximum atomic E-state index is 6.34. The molecule has 0 amide bonds. The zero-order valence-corrected chi connectivity index (χ0v) is 18.1. The van der Waals surface area contributed by atoms with Gasteiger partial charge in [-0.3, -0.25) is 0 Å². The molecule has 0 aromatic heterocycles. The van der Waals surface area contributed by atoms with Crippen LogP contribution in [0, 0.1) is 11.8 Å². The third-order valence-corrected chi connectivity index (χ3v) is 6.23. The second-order valence-electron chi connectivity index (χ2n) is 8.69. The molecule has 4 atom stereocenters. The van der Waals surface area contributed by atoms with Crippen molar-refractivity contribution in [3.05, 3.63) is 41.5 Å². The van der Waals surface area contributed by atoms with E-state index in [4.69, 9.17) is 18.9 Å². The van der Waals surface area contributed by atoms with Crippen molar-refractivity contribution in [2.24, 2.45) is 11.8 Å². The van der Waals surface area contributed by atoms with E-state index in [-0.39, 0.29) is 23.7 Å². The molecule has 28 heavy (non-hydrogen) atoms. The molecule has 1 aromatic rings. The summed E-state index contributed by atoms with van der Waals surface area (Å²) in [6.07, 6.45) is 6.86. The molecule has 4 nitrogen and oxygen atoms in total. The van der Waals surface area contributed by atoms with Gasteiger partial charge in [0, 0.05) is 13.0 Å². The molecule has 1 saturated carbocycles. The van der Waals surface area contributed by atoms with Gasteiger partial charge in [0.1, 0.15) is 11.4 Å². The first-order valence-electron chi connectivity index (χ1n) is 10.6. The third-order valence-electron chi connectivity index (χ3n) is 6.23. The van der Waals surface area contributed by atoms with E-state index in [0.717, 1.165) is 43.1 Å². The summed E-state index contributed by atoms with van der Waals surface area (Å²) in [5, 5.41) is 0. The summed E-state index contributed by atoms with van der Waals surface area (Å²) in [5.74, 6) is 1.87. The van der Waals surface area contributed by atoms with E-state index >= 15 is 0 Å². The van der Waals surface area contributed by atoms with Crippen molar-refractivity contribution in [1.82, 2.24) is 0 Å². The van der Waals surface area contributed by atoms with Crippen molar-refractivity contribution in [1.29, 1.82) is 0 Å². The van der Waals surface area contributed by atoms with Crippen LogP contribution in [-0.4, -0.2) is 38.6 Å². The fourth-order valence-corrected chi connectivity index (χ4v) is 4.47. The molecule has 1 heterocycles. The topological polar surface area (TPSA) is 40.2 Å². The number of epoxide rings is 1. The lowest BCUT2D eigenvalue weighted by atomic mass is 9.72. The fraction of sp³-hybridized carbons (Fsp3) is 0.667. The molecule has 0 radical (unpaired) electrons. The van der Waals surface area contributed by atoms with E-state index in [1.165, 1.54) is 12.0 Å². The quantitative estimate of drug-likeness (QED) is 0.433. The highest BCUT2D eigenvalue weighted by Gasteiger charge is 2.59. The van der Waals surface area contributed by atoms with Gasteiger partial charge < -0.3 is 18.9 Å². The summed E-state index contributed by atoms with van der Waals surface area (Å²) >= 11 is 0. The zero-order chi connectivity index (χ0) is 20.1. The van der Waals surface area contributed by atoms with Crippen LogP contribution in [0.25, 0.3) is 0 Å². The van der Waals surface area contributed by atoms with E-state index in [1.54, 1.807) is 7.11 Å². The maximum Gasteiger partial charge on any atom is 0.118 e. The lowest BCUT2D eigenvalue weighted by molar-refractivity contribution is -0.119. The Labute approximate surface area is 170 Å². The first-order chi connectivity index (χ1) is 13.5. The number of benzene rings is 1. The standard InChI is InChI=1S/C24H36O4/c1-17(2)7-6-8-18(3)22-23(26-5)21(13-14-24(22)16-28-24)27-15-19-9-11-20(25-4)12-10-19/h8-12,17,21-23H,6-7,13-16H2,1-5H3/b18-8+/t21-,22+,23-,24+/m1/s1. The summed E-state index contributed by atoms with van der Waals surface area (Å²) in [6.45, 7) is 8.22. The summed E-state index contributed by atoms with van der Waals surface area (Å²) in [5.41, 5.74) is 2.51. The van der Waals surface area contributed by atoms with Crippen LogP contribution in [-0.2, 0) is 20.8 Å². The minimum absolute atomic E-state index is 0.0287. The van der Waals surface area contributed by atoms with Gasteiger partial charge in [-0.1, -0.05) is 37.6 Å². The van der Waals surface area contributed by atoms with E-state index in [9.17, 15) is 0 Å². The molecule has 3 rings (SSSR count). The summed E-state index contributed by atoms with van der Waals surface area (Å²) in [4.78, 5) is 0. The first kappa shape index (κ1) is 21.4. The van der Waals surface area contributed by atoms with E-state index in [0.29, 0.717) is 6.61 Å². The molecule has 1 aliphatic heterocycles. The summed E-state index contributed by atoms with van der Waals surface area (Å²) in [7, 11) is 3.49. The average Bonchev–Trinajstić information content (AvgIpc) is 3.46. The Balaban J connectivity index is 1.67. The van der Waals surface area contributed by atoms with Crippen LogP contribution in [0.15, 0.2) is 35.9 Å². The van der Waals surface area contributed by atoms with E-state index in [1.807, 2.05) is 19.2 Å². The van der Waals surface area contributed by atoms with Gasteiger partial charge in [-0.05, 0) is 56.2 Å². The smallest absolute Gasteiger partial charge is 0.118 e. The molecule has 0 unspecified atom stereocenters. The molecule has 0 bridgehead atoms. The second-order valence-corrected chi connectivity index (χ2v) is 8.69. The van der Waals surface area contributed by atoms with Crippen molar-refractivity contribution >= 4 is 0 Å². The highest BCUT2D eigenvalue weighted by atomic mass is 16.6. The van der Waals surface area contributed by atoms with E-state index in [2.05, 4.69) is 39.0 Å². The van der Waals surface area contributed by atoms with Crippen LogP contribution < -0.4 is 4.74 Å². The summed E-state index contributed by atoms with van der Waals surface area (Å²) < 4.78 is 23.6. The van der Waals surface area contributed by atoms with Gasteiger partial charge in [0.05, 0.1) is 32.5 Å². The molecule has 2 aliphatic rings. The van der Waals surface area contributed by atoms with Crippen molar-refractivity contribution in [3.63, 3.8) is 0 Å². The third kappa shape index (κ3) is 4.97. The number of allylic oxidation sites excluding steroid dienone is 1. The average molecular weight is 389 g/mol. The number of methoxy groups -OCH3 is 2. The van der Waals surface area contributed by atoms with Crippen LogP contribution in [0.3, 0.4) is 0 Å². The second kappa shape index (κ2) is 9.43. The number of hydrogen-bond acceptors (Lipinski definition) is 4. The normalized spacial score (nSPS) is 30.1. The largest absolute Gasteiger partial charge is 0.497 e. The number of rotatable bonds is 9. The monoisotopic (exact) mass is 388 g/mol. The molecule has 2 fully saturated rings. The Morgan fingerprint density at radius 1 is 1.25 bits per heavy atom. The van der Waals surface area contributed by atoms with Crippen molar-refractivity contribution in [2.45, 2.75) is 70.9 Å². The Morgan fingerprint density at radius 2 is 1.96 bits per heavy atom. The molecule has 156 valence electrons. The molecule has 1 saturated heterocycles. The van der Waals surface area contributed by atoms with Gasteiger partial charge in [-0.15, -0.1) is 0 Å². The van der Waals surface area contributed by atoms with Gasteiger partial charge in [0.2, 0.25) is 0 Å². The first-order valence-corrected chi connectivity index (χ1v) is 10.6. The summed E-state index contributed by atoms with van der Waals surface area (Å²) in [6, 6.07) is 8.07. The van der Waals surface area contributed by atoms with Crippen molar-refractivity contribution in [2.75, 3.05) is 20.8 Å². The van der Waals surface area contributed by atoms with Gasteiger partial charge in [0.15, 0.2) is 0 Å². The van der Waals surface area contributed by atoms with Gasteiger partial charge >= 0.3 is 0 Å². The lowest BCUT2D eigenvalue weighted by Crippen LogP contribution is -2.49. The van der Waals surface area contributed by atoms with Crippen LogP contribution >= 0.6 is 0 Å². The highest BCUT2D eigenvalue weighted by molar-refractivity contribution is 5.27. The lowest BCUT2D eigenvalue weighted by Gasteiger charge is -2.41. The Bertz CT molecular complexity index is 645. The zero-order valence-electron chi connectivity index (χ0n) is 18.1. The Hall–Kier alpha value is -1.36. The molecule has 1 spiro atoms. The minimum atomic E-state index is -0.0287. The predicted molar refractivity (Wildman–Crippen MR) is 112 cm³/mol. The maximum absolute atomic E-state index is 6.34. The van der Waals surface area contributed by atoms with Crippen molar-refractivity contribution < 1.29 is 18.9 Å². The number of hydrogen-bond donors (Lipinski definition) is 0. The number of ether oxygens (including phenoxy) is 4. The fourth-order valence-electron chi connectivity index (χ4n) is 4.47. The van der Waals surface area contributed by atoms with Gasteiger partial charge in [0.25, 0.3) is 0 Å². The van der Waals surface area contributed by atoms with Gasteiger partial charge in [-0.25, -0.2) is 0 Å². The molecule has 4 heteroatoms. The van der Waals surface area contributed by atoms with Gasteiger partial charge in [-0.2, -0.15) is 0 Å². The van der Waals surface area contributed by atoms with Crippen LogP contribution in [0.5, 0.6) is 5.75 Å². The molecular weight excluding hydrogens is 352 g/mol. The highest BCUT2D eigenvalue weighted by Crippen LogP contribution is 2.50. The van der Waals surface area contributed by atoms with Crippen LogP contribution in [0.1, 0.15) is 52.0 Å². The molecule has 1 aromatic carbocycles. The van der Waals surface area contributed by atoms with Crippen molar-refractivity contribution in [3.8, 4) is 5.75 Å². The molecule has 0 N–H and O–H groups in total. The SMILES string of the molecule is COc1ccc(CO[C@@H]2CC[C@]3(CO3)[C@@H](/C(C)=C/CCC(C)C)[C@@H]2OC)cc1. The molecular formula is C24H36O4. The van der Waals surface area contributed by atoms with Crippen LogP contribution in [0.4, 0.5) is 0 Å².